The van der Waals surface area contributed by atoms with E-state index in [1.807, 2.05) is 53.6 Å². The smallest absolute Gasteiger partial charge is 0.254 e. The van der Waals surface area contributed by atoms with Gasteiger partial charge in [0, 0.05) is 56.2 Å². The Morgan fingerprint density at radius 1 is 1.03 bits per heavy atom. The number of aromatic nitrogens is 2. The van der Waals surface area contributed by atoms with Crippen LogP contribution in [-0.2, 0) is 4.79 Å². The molecular formula is C26H26Cl2FN5O. The summed E-state index contributed by atoms with van der Waals surface area (Å²) in [5, 5.41) is 5.59. The molecule has 0 aliphatic carbocycles. The van der Waals surface area contributed by atoms with Gasteiger partial charge in [-0.1, -0.05) is 35.3 Å². The van der Waals surface area contributed by atoms with Crippen LogP contribution in [0.2, 0.25) is 10.0 Å². The van der Waals surface area contributed by atoms with Gasteiger partial charge in [-0.2, -0.15) is 5.10 Å². The fraction of sp³-hybridized carbons (Fsp3) is 0.308. The molecule has 2 aliphatic rings. The fourth-order valence-corrected chi connectivity index (χ4v) is 5.31. The predicted octanol–water partition coefficient (Wildman–Crippen LogP) is 5.30. The first-order chi connectivity index (χ1) is 16.8. The summed E-state index contributed by atoms with van der Waals surface area (Å²) in [7, 11) is 1.94. The molecule has 5 rings (SSSR count). The van der Waals surface area contributed by atoms with Gasteiger partial charge in [0.15, 0.2) is 0 Å². The van der Waals surface area contributed by atoms with Crippen LogP contribution in [0.25, 0.3) is 0 Å². The van der Waals surface area contributed by atoms with Gasteiger partial charge >= 0.3 is 0 Å². The number of anilines is 2. The Bertz CT molecular complexity index is 1310. The number of benzene rings is 2. The monoisotopic (exact) mass is 513 g/mol. The van der Waals surface area contributed by atoms with E-state index >= 15 is 0 Å². The highest BCUT2D eigenvalue weighted by Gasteiger charge is 2.39. The molecular weight excluding hydrogens is 488 g/mol. The summed E-state index contributed by atoms with van der Waals surface area (Å²) in [5.74, 6) is 0.581. The highest BCUT2D eigenvalue weighted by Crippen LogP contribution is 2.43. The number of hydrogen-bond donors (Lipinski definition) is 0. The van der Waals surface area contributed by atoms with Crippen LogP contribution in [0, 0.1) is 12.7 Å². The summed E-state index contributed by atoms with van der Waals surface area (Å²) in [5.41, 5.74) is 4.02. The van der Waals surface area contributed by atoms with Crippen LogP contribution >= 0.6 is 23.2 Å². The maximum Gasteiger partial charge on any atom is 0.254 e. The van der Waals surface area contributed by atoms with Gasteiger partial charge in [0.25, 0.3) is 5.91 Å². The lowest BCUT2D eigenvalue weighted by atomic mass is 9.93. The normalized spacial score (nSPS) is 18.2. The molecule has 2 aliphatic heterocycles. The van der Waals surface area contributed by atoms with Gasteiger partial charge in [-0.05, 0) is 44.2 Å². The van der Waals surface area contributed by atoms with Gasteiger partial charge in [-0.3, -0.25) is 4.79 Å². The van der Waals surface area contributed by atoms with Gasteiger partial charge in [0.05, 0.1) is 21.3 Å². The second kappa shape index (κ2) is 9.21. The largest absolute Gasteiger partial charge is 0.368 e. The number of nitrogens with zero attached hydrogens (tertiary/aromatic N) is 5. The third kappa shape index (κ3) is 4.17. The van der Waals surface area contributed by atoms with Crippen molar-refractivity contribution >= 4 is 40.6 Å². The number of rotatable bonds is 3. The summed E-state index contributed by atoms with van der Waals surface area (Å²) in [6.07, 6.45) is 0. The van der Waals surface area contributed by atoms with Crippen LogP contribution in [0.4, 0.5) is 15.9 Å². The van der Waals surface area contributed by atoms with Crippen molar-refractivity contribution in [3.63, 3.8) is 0 Å². The molecule has 1 atom stereocenters. The molecule has 0 spiro atoms. The van der Waals surface area contributed by atoms with Crippen molar-refractivity contribution in [3.05, 3.63) is 86.9 Å². The van der Waals surface area contributed by atoms with Gasteiger partial charge in [0.1, 0.15) is 17.7 Å². The molecule has 182 valence electrons. The number of hydrogen-bond acceptors (Lipinski definition) is 4. The molecule has 0 bridgehead atoms. The molecule has 1 aromatic heterocycles. The Morgan fingerprint density at radius 3 is 2.40 bits per heavy atom. The van der Waals surface area contributed by atoms with Crippen molar-refractivity contribution in [1.29, 1.82) is 0 Å². The standard InChI is InChI=1S/C26H26Cl2FN5O/c1-16-15-22-31(3)17(2)23(25(34(22)30-16)20-5-4-6-21(27)24(20)28)26(35)33-13-11-32(12-14-33)19-9-7-18(29)8-10-19/h4-10,15,25H,11-14H2,1-3H3. The van der Waals surface area contributed by atoms with Crippen molar-refractivity contribution in [3.8, 4) is 0 Å². The SMILES string of the molecule is CC1=C(C(=O)N2CCN(c3ccc(F)cc3)CC2)C(c2cccc(Cl)c2Cl)n2nc(C)cc2N1C. The minimum absolute atomic E-state index is 0.0482. The van der Waals surface area contributed by atoms with E-state index in [9.17, 15) is 9.18 Å². The zero-order valence-electron chi connectivity index (χ0n) is 19.8. The van der Waals surface area contributed by atoms with Crippen molar-refractivity contribution in [2.45, 2.75) is 19.9 Å². The maximum atomic E-state index is 14.0. The van der Waals surface area contributed by atoms with E-state index in [1.54, 1.807) is 18.2 Å². The topological polar surface area (TPSA) is 44.6 Å². The molecule has 1 fully saturated rings. The number of piperazine rings is 1. The molecule has 2 aromatic carbocycles. The van der Waals surface area contributed by atoms with Gasteiger partial charge in [-0.25, -0.2) is 9.07 Å². The van der Waals surface area contributed by atoms with Crippen molar-refractivity contribution in [2.75, 3.05) is 43.0 Å². The van der Waals surface area contributed by atoms with Crippen molar-refractivity contribution < 1.29 is 9.18 Å². The Labute approximate surface area is 214 Å². The van der Waals surface area contributed by atoms with Crippen LogP contribution < -0.4 is 9.80 Å². The lowest BCUT2D eigenvalue weighted by molar-refractivity contribution is -0.128. The predicted molar refractivity (Wildman–Crippen MR) is 138 cm³/mol. The third-order valence-corrected chi connectivity index (χ3v) is 7.69. The van der Waals surface area contributed by atoms with Gasteiger partial charge < -0.3 is 14.7 Å². The zero-order valence-corrected chi connectivity index (χ0v) is 21.3. The quantitative estimate of drug-likeness (QED) is 0.476. The second-order valence-electron chi connectivity index (χ2n) is 8.95. The average Bonchev–Trinajstić information content (AvgIpc) is 3.25. The number of aryl methyl sites for hydroxylation is 1. The Kier molecular flexibility index (Phi) is 6.23. The molecule has 35 heavy (non-hydrogen) atoms. The molecule has 3 heterocycles. The van der Waals surface area contributed by atoms with Crippen LogP contribution in [0.3, 0.4) is 0 Å². The van der Waals surface area contributed by atoms with Crippen LogP contribution in [-0.4, -0.2) is 53.8 Å². The zero-order chi connectivity index (χ0) is 24.9. The van der Waals surface area contributed by atoms with Crippen LogP contribution in [0.15, 0.2) is 59.8 Å². The molecule has 6 nitrogen and oxygen atoms in total. The first-order valence-corrected chi connectivity index (χ1v) is 12.3. The molecule has 0 saturated carbocycles. The van der Waals surface area contributed by atoms with Crippen LogP contribution in [0.5, 0.6) is 0 Å². The summed E-state index contributed by atoms with van der Waals surface area (Å²) < 4.78 is 15.2. The van der Waals surface area contributed by atoms with E-state index < -0.39 is 6.04 Å². The molecule has 0 N–H and O–H groups in total. The Balaban J connectivity index is 1.49. The highest BCUT2D eigenvalue weighted by molar-refractivity contribution is 6.42. The van der Waals surface area contributed by atoms with E-state index in [-0.39, 0.29) is 11.7 Å². The van der Waals surface area contributed by atoms with E-state index in [4.69, 9.17) is 28.3 Å². The molecule has 1 amide bonds. The molecule has 1 saturated heterocycles. The fourth-order valence-electron chi connectivity index (χ4n) is 4.90. The Morgan fingerprint density at radius 2 is 1.71 bits per heavy atom. The number of carbonyl (C=O) groups is 1. The lowest BCUT2D eigenvalue weighted by Gasteiger charge is -2.40. The van der Waals surface area contributed by atoms with Crippen molar-refractivity contribution in [1.82, 2.24) is 14.7 Å². The number of amides is 1. The minimum Gasteiger partial charge on any atom is -0.368 e. The Hall–Kier alpha value is -3.03. The van der Waals surface area contributed by atoms with Gasteiger partial charge in [0.2, 0.25) is 0 Å². The summed E-state index contributed by atoms with van der Waals surface area (Å²) in [6.45, 7) is 6.32. The number of carbonyl (C=O) groups excluding carboxylic acids is 1. The number of allylic oxidation sites excluding steroid dienone is 1. The lowest BCUT2D eigenvalue weighted by Crippen LogP contribution is -2.50. The summed E-state index contributed by atoms with van der Waals surface area (Å²) in [6, 6.07) is 13.5. The van der Waals surface area contributed by atoms with E-state index in [0.29, 0.717) is 41.8 Å². The first-order valence-electron chi connectivity index (χ1n) is 11.5. The number of halogens is 3. The van der Waals surface area contributed by atoms with Crippen LogP contribution in [0.1, 0.15) is 24.2 Å². The molecule has 0 radical (unpaired) electrons. The van der Waals surface area contributed by atoms with E-state index in [1.165, 1.54) is 12.1 Å². The summed E-state index contributed by atoms with van der Waals surface area (Å²) in [4.78, 5) is 20.1. The third-order valence-electron chi connectivity index (χ3n) is 6.86. The van der Waals surface area contributed by atoms with E-state index in [0.717, 1.165) is 28.5 Å². The highest BCUT2D eigenvalue weighted by atomic mass is 35.5. The minimum atomic E-state index is -0.497. The van der Waals surface area contributed by atoms with Gasteiger partial charge in [-0.15, -0.1) is 0 Å². The first kappa shape index (κ1) is 23.7. The number of fused-ring (bicyclic) bond motifs is 1. The van der Waals surface area contributed by atoms with Crippen molar-refractivity contribution in [2.24, 2.45) is 0 Å². The maximum absolute atomic E-state index is 14.0. The summed E-state index contributed by atoms with van der Waals surface area (Å²) >= 11 is 13.0. The average molecular weight is 514 g/mol. The molecule has 3 aromatic rings. The molecule has 9 heteroatoms. The molecule has 1 unspecified atom stereocenters. The second-order valence-corrected chi connectivity index (χ2v) is 9.73. The van der Waals surface area contributed by atoms with E-state index in [2.05, 4.69) is 4.90 Å².